The van der Waals surface area contributed by atoms with E-state index in [1.807, 2.05) is 30.3 Å². The summed E-state index contributed by atoms with van der Waals surface area (Å²) in [4.78, 5) is 2.30. The second-order valence-corrected chi connectivity index (χ2v) is 5.15. The molecule has 0 amide bonds. The van der Waals surface area contributed by atoms with Crippen molar-refractivity contribution in [3.8, 4) is 5.75 Å². The molecular weight excluding hydrogens is 250 g/mol. The Bertz CT molecular complexity index is 578. The minimum absolute atomic E-state index is 0.419. The van der Waals surface area contributed by atoms with Crippen molar-refractivity contribution < 1.29 is 9.84 Å². The smallest absolute Gasteiger partial charge is 0.124 e. The second kappa shape index (κ2) is 5.55. The third-order valence-corrected chi connectivity index (χ3v) is 3.69. The van der Waals surface area contributed by atoms with E-state index in [0.717, 1.165) is 30.1 Å². The van der Waals surface area contributed by atoms with Crippen LogP contribution in [-0.4, -0.2) is 18.3 Å². The molecule has 3 heteroatoms. The van der Waals surface area contributed by atoms with E-state index < -0.39 is 6.10 Å². The summed E-state index contributed by atoms with van der Waals surface area (Å²) in [6.45, 7) is 4.19. The normalized spacial score (nSPS) is 16.0. The van der Waals surface area contributed by atoms with E-state index in [-0.39, 0.29) is 0 Å². The maximum Gasteiger partial charge on any atom is 0.124 e. The van der Waals surface area contributed by atoms with E-state index >= 15 is 0 Å². The standard InChI is InChI=1S/C17H19NO2/c1-13(19)14-6-8-16(9-7-14)18-10-11-20-17-5-3-2-4-15(17)12-18/h2-9,13,19H,10-12H2,1H3. The van der Waals surface area contributed by atoms with Crippen molar-refractivity contribution in [1.29, 1.82) is 0 Å². The molecule has 3 nitrogen and oxygen atoms in total. The van der Waals surface area contributed by atoms with E-state index in [4.69, 9.17) is 4.74 Å². The number of fused-ring (bicyclic) bond motifs is 1. The van der Waals surface area contributed by atoms with Gasteiger partial charge < -0.3 is 14.7 Å². The lowest BCUT2D eigenvalue weighted by molar-refractivity contribution is 0.199. The van der Waals surface area contributed by atoms with Crippen LogP contribution < -0.4 is 9.64 Å². The first-order valence-corrected chi connectivity index (χ1v) is 6.98. The maximum absolute atomic E-state index is 9.57. The molecule has 3 rings (SSSR count). The Morgan fingerprint density at radius 2 is 1.85 bits per heavy atom. The topological polar surface area (TPSA) is 32.7 Å². The van der Waals surface area contributed by atoms with Gasteiger partial charge in [0.25, 0.3) is 0 Å². The largest absolute Gasteiger partial charge is 0.491 e. The van der Waals surface area contributed by atoms with E-state index in [9.17, 15) is 5.11 Å². The number of nitrogens with zero attached hydrogens (tertiary/aromatic N) is 1. The van der Waals surface area contributed by atoms with Crippen LogP contribution in [0.1, 0.15) is 24.2 Å². The zero-order valence-electron chi connectivity index (χ0n) is 11.6. The Kier molecular flexibility index (Phi) is 3.61. The predicted octanol–water partition coefficient (Wildman–Crippen LogP) is 3.14. The van der Waals surface area contributed by atoms with Gasteiger partial charge in [0.05, 0.1) is 12.6 Å². The van der Waals surface area contributed by atoms with E-state index in [1.54, 1.807) is 6.92 Å². The molecule has 0 bridgehead atoms. The number of para-hydroxylation sites is 1. The number of ether oxygens (including phenoxy) is 1. The molecule has 1 unspecified atom stereocenters. The van der Waals surface area contributed by atoms with Gasteiger partial charge >= 0.3 is 0 Å². The number of benzene rings is 2. The number of hydrogen-bond acceptors (Lipinski definition) is 3. The predicted molar refractivity (Wildman–Crippen MR) is 80.1 cm³/mol. The van der Waals surface area contributed by atoms with Gasteiger partial charge in [-0.2, -0.15) is 0 Å². The van der Waals surface area contributed by atoms with Crippen LogP contribution in [0.15, 0.2) is 48.5 Å². The summed E-state index contributed by atoms with van der Waals surface area (Å²) in [6.07, 6.45) is -0.419. The van der Waals surface area contributed by atoms with Gasteiger partial charge in [-0.15, -0.1) is 0 Å². The van der Waals surface area contributed by atoms with Crippen molar-refractivity contribution in [2.75, 3.05) is 18.1 Å². The average Bonchev–Trinajstić information content (AvgIpc) is 2.69. The summed E-state index contributed by atoms with van der Waals surface area (Å²) in [7, 11) is 0. The molecule has 20 heavy (non-hydrogen) atoms. The Labute approximate surface area is 119 Å². The van der Waals surface area contributed by atoms with E-state index in [0.29, 0.717) is 6.61 Å². The van der Waals surface area contributed by atoms with Gasteiger partial charge in [0, 0.05) is 17.8 Å². The van der Waals surface area contributed by atoms with Gasteiger partial charge in [0.15, 0.2) is 0 Å². The van der Waals surface area contributed by atoms with Gasteiger partial charge in [0.2, 0.25) is 0 Å². The van der Waals surface area contributed by atoms with Gasteiger partial charge in [-0.1, -0.05) is 30.3 Å². The Morgan fingerprint density at radius 1 is 1.10 bits per heavy atom. The fourth-order valence-corrected chi connectivity index (χ4v) is 2.51. The van der Waals surface area contributed by atoms with Gasteiger partial charge in [-0.25, -0.2) is 0 Å². The lowest BCUT2D eigenvalue weighted by atomic mass is 10.1. The number of rotatable bonds is 2. The molecule has 1 aliphatic heterocycles. The second-order valence-electron chi connectivity index (χ2n) is 5.15. The number of aliphatic hydroxyl groups excluding tert-OH is 1. The molecule has 0 spiro atoms. The highest BCUT2D eigenvalue weighted by Crippen LogP contribution is 2.26. The highest BCUT2D eigenvalue weighted by molar-refractivity contribution is 5.50. The summed E-state index contributed by atoms with van der Waals surface area (Å²) in [5.74, 6) is 0.982. The van der Waals surface area contributed by atoms with Crippen LogP contribution in [0.4, 0.5) is 5.69 Å². The monoisotopic (exact) mass is 269 g/mol. The van der Waals surface area contributed by atoms with E-state index in [2.05, 4.69) is 23.1 Å². The average molecular weight is 269 g/mol. The maximum atomic E-state index is 9.57. The quantitative estimate of drug-likeness (QED) is 0.909. The SMILES string of the molecule is CC(O)c1ccc(N2CCOc3ccccc3C2)cc1. The summed E-state index contributed by atoms with van der Waals surface area (Å²) in [5, 5.41) is 9.57. The minimum atomic E-state index is -0.419. The van der Waals surface area contributed by atoms with Crippen LogP contribution in [0.3, 0.4) is 0 Å². The Morgan fingerprint density at radius 3 is 2.60 bits per heavy atom. The first-order chi connectivity index (χ1) is 9.74. The summed E-state index contributed by atoms with van der Waals surface area (Å²) < 4.78 is 5.78. The molecular formula is C17H19NO2. The molecule has 0 fully saturated rings. The zero-order valence-corrected chi connectivity index (χ0v) is 11.6. The van der Waals surface area contributed by atoms with Crippen LogP contribution in [-0.2, 0) is 6.54 Å². The molecule has 1 heterocycles. The van der Waals surface area contributed by atoms with Crippen molar-refractivity contribution in [1.82, 2.24) is 0 Å². The summed E-state index contributed by atoms with van der Waals surface area (Å²) in [5.41, 5.74) is 3.32. The molecule has 1 N–H and O–H groups in total. The van der Waals surface area contributed by atoms with Crippen molar-refractivity contribution >= 4 is 5.69 Å². The molecule has 0 aromatic heterocycles. The highest BCUT2D eigenvalue weighted by atomic mass is 16.5. The summed E-state index contributed by atoms with van der Waals surface area (Å²) >= 11 is 0. The van der Waals surface area contributed by atoms with Crippen LogP contribution in [0, 0.1) is 0 Å². The fourth-order valence-electron chi connectivity index (χ4n) is 2.51. The lowest BCUT2D eigenvalue weighted by Gasteiger charge is -2.22. The number of aliphatic hydroxyl groups is 1. The molecule has 0 saturated heterocycles. The molecule has 0 aliphatic carbocycles. The molecule has 0 saturated carbocycles. The molecule has 1 aliphatic rings. The van der Waals surface area contributed by atoms with E-state index in [1.165, 1.54) is 5.56 Å². The first kappa shape index (κ1) is 13.0. The Balaban J connectivity index is 1.84. The molecule has 104 valence electrons. The van der Waals surface area contributed by atoms with Crippen molar-refractivity contribution in [2.24, 2.45) is 0 Å². The van der Waals surface area contributed by atoms with Gasteiger partial charge in [-0.3, -0.25) is 0 Å². The molecule has 1 atom stereocenters. The highest BCUT2D eigenvalue weighted by Gasteiger charge is 2.15. The van der Waals surface area contributed by atoms with Crippen molar-refractivity contribution in [2.45, 2.75) is 19.6 Å². The van der Waals surface area contributed by atoms with Gasteiger partial charge in [0.1, 0.15) is 12.4 Å². The first-order valence-electron chi connectivity index (χ1n) is 6.98. The molecule has 2 aromatic carbocycles. The minimum Gasteiger partial charge on any atom is -0.491 e. The lowest BCUT2D eigenvalue weighted by Crippen LogP contribution is -2.25. The van der Waals surface area contributed by atoms with Crippen LogP contribution in [0.25, 0.3) is 0 Å². The van der Waals surface area contributed by atoms with Gasteiger partial charge in [-0.05, 0) is 30.7 Å². The third kappa shape index (κ3) is 2.63. The van der Waals surface area contributed by atoms with Crippen molar-refractivity contribution in [3.05, 3.63) is 59.7 Å². The van der Waals surface area contributed by atoms with Crippen molar-refractivity contribution in [3.63, 3.8) is 0 Å². The van der Waals surface area contributed by atoms with Crippen LogP contribution >= 0.6 is 0 Å². The molecule has 0 radical (unpaired) electrons. The number of anilines is 1. The number of hydrogen-bond donors (Lipinski definition) is 1. The van der Waals surface area contributed by atoms with Crippen LogP contribution in [0.2, 0.25) is 0 Å². The third-order valence-electron chi connectivity index (χ3n) is 3.69. The Hall–Kier alpha value is -2.00. The fraction of sp³-hybridized carbons (Fsp3) is 0.294. The zero-order chi connectivity index (χ0) is 13.9. The van der Waals surface area contributed by atoms with Crippen LogP contribution in [0.5, 0.6) is 5.75 Å². The molecule has 2 aromatic rings. The summed E-state index contributed by atoms with van der Waals surface area (Å²) in [6, 6.07) is 16.3.